The lowest BCUT2D eigenvalue weighted by Gasteiger charge is -2.18. The number of hydrogen-bond donors (Lipinski definition) is 1. The predicted molar refractivity (Wildman–Crippen MR) is 113 cm³/mol. The quantitative estimate of drug-likeness (QED) is 0.277. The lowest BCUT2D eigenvalue weighted by atomic mass is 9.99. The molecule has 1 atom stereocenters. The zero-order valence-electron chi connectivity index (χ0n) is 15.7. The van der Waals surface area contributed by atoms with Crippen LogP contribution >= 0.6 is 11.8 Å². The Hall–Kier alpha value is -3.38. The van der Waals surface area contributed by atoms with Crippen molar-refractivity contribution in [3.8, 4) is 0 Å². The van der Waals surface area contributed by atoms with Gasteiger partial charge in [-0.15, -0.1) is 11.8 Å². The lowest BCUT2D eigenvalue weighted by molar-refractivity contribution is 0.0276. The smallest absolute Gasteiger partial charge is 0.341 e. The number of aromatic nitrogens is 2. The fourth-order valence-electron chi connectivity index (χ4n) is 3.20. The summed E-state index contributed by atoms with van der Waals surface area (Å²) < 4.78 is 5.74. The van der Waals surface area contributed by atoms with Crippen LogP contribution in [0.3, 0.4) is 0 Å². The molecular weight excluding hydrogens is 384 g/mol. The van der Waals surface area contributed by atoms with Crippen molar-refractivity contribution in [3.63, 3.8) is 0 Å². The minimum atomic E-state index is -1.06. The van der Waals surface area contributed by atoms with Gasteiger partial charge in [-0.2, -0.15) is 0 Å². The molecule has 144 valence electrons. The number of nitrogens with one attached hydrogen (secondary N) is 1. The second-order valence-electron chi connectivity index (χ2n) is 6.37. The second kappa shape index (κ2) is 8.32. The van der Waals surface area contributed by atoms with Gasteiger partial charge in [0, 0.05) is 34.4 Å². The molecule has 0 spiro atoms. The number of hydrogen-bond acceptors (Lipinski definition) is 5. The fraction of sp³-hybridized carbons (Fsp3) is 0.0870. The van der Waals surface area contributed by atoms with E-state index in [1.807, 2.05) is 48.7 Å². The van der Waals surface area contributed by atoms with Gasteiger partial charge >= 0.3 is 5.97 Å². The summed E-state index contributed by atoms with van der Waals surface area (Å²) in [7, 11) is 0. The summed E-state index contributed by atoms with van der Waals surface area (Å²) >= 11 is 1.35. The number of esters is 1. The topological polar surface area (TPSA) is 72.0 Å². The van der Waals surface area contributed by atoms with Crippen LogP contribution in [0.1, 0.15) is 32.4 Å². The number of para-hydroxylation sites is 1. The predicted octanol–water partition coefficient (Wildman–Crippen LogP) is 5.07. The number of benzene rings is 2. The summed E-state index contributed by atoms with van der Waals surface area (Å²) in [4.78, 5) is 33.6. The molecule has 2 aromatic heterocycles. The van der Waals surface area contributed by atoms with Crippen LogP contribution in [0, 0.1) is 0 Å². The number of pyridine rings is 1. The number of carbonyl (C=O) groups is 2. The number of rotatable bonds is 6. The fourth-order valence-corrected chi connectivity index (χ4v) is 3.73. The molecular formula is C23H18N2O3S. The normalized spacial score (nSPS) is 11.9. The average molecular weight is 402 g/mol. The third-order valence-corrected chi connectivity index (χ3v) is 5.32. The third kappa shape index (κ3) is 3.79. The van der Waals surface area contributed by atoms with Gasteiger partial charge in [0.2, 0.25) is 5.78 Å². The first kappa shape index (κ1) is 19.0. The van der Waals surface area contributed by atoms with Crippen LogP contribution in [0.15, 0.2) is 84.1 Å². The van der Waals surface area contributed by atoms with Crippen molar-refractivity contribution < 1.29 is 14.3 Å². The van der Waals surface area contributed by atoms with Crippen molar-refractivity contribution in [2.24, 2.45) is 0 Å². The number of fused-ring (bicyclic) bond motifs is 1. The largest absolute Gasteiger partial charge is 0.445 e. The van der Waals surface area contributed by atoms with E-state index in [-0.39, 0.29) is 5.78 Å². The van der Waals surface area contributed by atoms with E-state index in [2.05, 4.69) is 9.97 Å². The molecule has 0 aliphatic rings. The molecule has 0 aliphatic heterocycles. The Kier molecular flexibility index (Phi) is 5.44. The minimum absolute atomic E-state index is 0.281. The van der Waals surface area contributed by atoms with Crippen molar-refractivity contribution in [3.05, 3.63) is 95.8 Å². The van der Waals surface area contributed by atoms with Gasteiger partial charge in [0.15, 0.2) is 6.10 Å². The molecule has 0 bridgehead atoms. The zero-order chi connectivity index (χ0) is 20.2. The molecule has 0 fully saturated rings. The highest BCUT2D eigenvalue weighted by Gasteiger charge is 2.29. The monoisotopic (exact) mass is 402 g/mol. The van der Waals surface area contributed by atoms with Gasteiger partial charge in [-0.1, -0.05) is 48.5 Å². The van der Waals surface area contributed by atoms with E-state index >= 15 is 0 Å². The van der Waals surface area contributed by atoms with Gasteiger partial charge in [0.05, 0.1) is 5.56 Å². The Morgan fingerprint density at radius 1 is 0.966 bits per heavy atom. The average Bonchev–Trinajstić information content (AvgIpc) is 3.21. The maximum absolute atomic E-state index is 13.4. The number of aromatic amines is 1. The number of ether oxygens (including phenoxy) is 1. The van der Waals surface area contributed by atoms with Gasteiger partial charge in [-0.05, 0) is 24.5 Å². The third-order valence-electron chi connectivity index (χ3n) is 4.60. The number of H-pyrrole nitrogens is 1. The standard InChI is InChI=1S/C23H18N2O3S/c1-29-22-17(11-7-13-24-22)23(27)28-21(15-8-3-2-4-9-15)20(26)18-14-25-19-12-6-5-10-16(18)19/h2-14,21,25H,1H3. The Bertz CT molecular complexity index is 1170. The van der Waals surface area contributed by atoms with Crippen molar-refractivity contribution in [1.82, 2.24) is 9.97 Å². The first-order valence-corrected chi connectivity index (χ1v) is 10.3. The molecule has 29 heavy (non-hydrogen) atoms. The minimum Gasteiger partial charge on any atom is -0.445 e. The Balaban J connectivity index is 1.73. The maximum atomic E-state index is 13.4. The molecule has 0 saturated carbocycles. The van der Waals surface area contributed by atoms with Crippen LogP contribution in [0.2, 0.25) is 0 Å². The van der Waals surface area contributed by atoms with Crippen LogP contribution in [-0.2, 0) is 4.74 Å². The summed E-state index contributed by atoms with van der Waals surface area (Å²) in [5, 5.41) is 1.35. The molecule has 2 heterocycles. The molecule has 0 aliphatic carbocycles. The van der Waals surface area contributed by atoms with Crippen LogP contribution in [0.4, 0.5) is 0 Å². The van der Waals surface area contributed by atoms with Crippen molar-refractivity contribution in [2.75, 3.05) is 6.26 Å². The Morgan fingerprint density at radius 2 is 1.72 bits per heavy atom. The number of Topliss-reactive ketones (excluding diaryl/α,β-unsaturated/α-hetero) is 1. The number of carbonyl (C=O) groups excluding carboxylic acids is 2. The van der Waals surface area contributed by atoms with Crippen LogP contribution < -0.4 is 0 Å². The van der Waals surface area contributed by atoms with E-state index < -0.39 is 12.1 Å². The summed E-state index contributed by atoms with van der Waals surface area (Å²) in [5.41, 5.74) is 2.29. The molecule has 1 unspecified atom stereocenters. The lowest BCUT2D eigenvalue weighted by Crippen LogP contribution is -2.20. The molecule has 1 N–H and O–H groups in total. The van der Waals surface area contributed by atoms with E-state index in [4.69, 9.17) is 4.74 Å². The Labute approximate surface area is 172 Å². The highest BCUT2D eigenvalue weighted by Crippen LogP contribution is 2.29. The van der Waals surface area contributed by atoms with Crippen LogP contribution in [-0.4, -0.2) is 28.0 Å². The van der Waals surface area contributed by atoms with Gasteiger partial charge in [-0.3, -0.25) is 4.79 Å². The van der Waals surface area contributed by atoms with Crippen LogP contribution in [0.25, 0.3) is 10.9 Å². The molecule has 2 aromatic carbocycles. The highest BCUT2D eigenvalue weighted by molar-refractivity contribution is 7.98. The van der Waals surface area contributed by atoms with Gasteiger partial charge in [0.1, 0.15) is 5.03 Å². The number of nitrogens with zero attached hydrogens (tertiary/aromatic N) is 1. The first-order valence-electron chi connectivity index (χ1n) is 9.04. The number of thioether (sulfide) groups is 1. The first-order chi connectivity index (χ1) is 14.2. The summed E-state index contributed by atoms with van der Waals surface area (Å²) in [6, 6.07) is 19.9. The zero-order valence-corrected chi connectivity index (χ0v) is 16.5. The molecule has 4 rings (SSSR count). The Morgan fingerprint density at radius 3 is 2.52 bits per heavy atom. The summed E-state index contributed by atoms with van der Waals surface area (Å²) in [6.45, 7) is 0. The van der Waals surface area contributed by atoms with Crippen molar-refractivity contribution >= 4 is 34.4 Å². The molecule has 0 radical (unpaired) electrons. The second-order valence-corrected chi connectivity index (χ2v) is 7.16. The van der Waals surface area contributed by atoms with Crippen molar-refractivity contribution in [2.45, 2.75) is 11.1 Å². The molecule has 5 nitrogen and oxygen atoms in total. The molecule has 0 amide bonds. The summed E-state index contributed by atoms with van der Waals surface area (Å²) in [5.74, 6) is -0.860. The van der Waals surface area contributed by atoms with E-state index in [0.29, 0.717) is 21.7 Å². The molecule has 6 heteroatoms. The van der Waals surface area contributed by atoms with Gasteiger partial charge in [-0.25, -0.2) is 9.78 Å². The van der Waals surface area contributed by atoms with E-state index in [9.17, 15) is 9.59 Å². The number of ketones is 1. The summed E-state index contributed by atoms with van der Waals surface area (Å²) in [6.07, 6.45) is 4.06. The van der Waals surface area contributed by atoms with Crippen molar-refractivity contribution in [1.29, 1.82) is 0 Å². The van der Waals surface area contributed by atoms with E-state index in [1.165, 1.54) is 11.8 Å². The molecule has 0 saturated heterocycles. The molecule has 4 aromatic rings. The van der Waals surface area contributed by atoms with Gasteiger partial charge in [0.25, 0.3) is 0 Å². The van der Waals surface area contributed by atoms with E-state index in [0.717, 1.165) is 10.9 Å². The highest BCUT2D eigenvalue weighted by atomic mass is 32.2. The van der Waals surface area contributed by atoms with E-state index in [1.54, 1.807) is 36.7 Å². The van der Waals surface area contributed by atoms with Gasteiger partial charge < -0.3 is 9.72 Å². The van der Waals surface area contributed by atoms with Crippen LogP contribution in [0.5, 0.6) is 0 Å². The SMILES string of the molecule is CSc1ncccc1C(=O)OC(C(=O)c1c[nH]c2ccccc12)c1ccccc1. The maximum Gasteiger partial charge on any atom is 0.341 e.